The number of hydrogen-bond donors (Lipinski definition) is 0. The molecule has 0 amide bonds. The van der Waals surface area contributed by atoms with Crippen molar-refractivity contribution in [1.29, 1.82) is 0 Å². The Morgan fingerprint density at radius 1 is 0.769 bits per heavy atom. The van der Waals surface area contributed by atoms with Crippen molar-refractivity contribution in [3.05, 3.63) is 23.8 Å². The van der Waals surface area contributed by atoms with Gasteiger partial charge in [0.15, 0.2) is 0 Å². The second kappa shape index (κ2) is 7.89. The smallest absolute Gasteiger partial charge is 0.201 e. The van der Waals surface area contributed by atoms with Crippen LogP contribution in [0.3, 0.4) is 0 Å². The van der Waals surface area contributed by atoms with Crippen molar-refractivity contribution in [3.8, 4) is 0 Å². The van der Waals surface area contributed by atoms with Crippen LogP contribution in [0, 0.1) is 16.7 Å². The third-order valence-corrected chi connectivity index (χ3v) is 4.13. The fourth-order valence-corrected chi connectivity index (χ4v) is 2.13. The summed E-state index contributed by atoms with van der Waals surface area (Å²) in [4.78, 5) is 0. The fraction of sp³-hybridized carbons (Fsp3) is 0.778. The average molecular weight is 394 g/mol. The molecule has 0 atom stereocenters. The fourth-order valence-electron chi connectivity index (χ4n) is 2.13. The normalized spacial score (nSPS) is 15.0. The summed E-state index contributed by atoms with van der Waals surface area (Å²) in [6.45, 7) is 8.25. The average Bonchev–Trinajstić information content (AvgIpc) is 2.38. The quantitative estimate of drug-likeness (QED) is 0.306. The van der Waals surface area contributed by atoms with E-state index in [0.29, 0.717) is 0 Å². The minimum Gasteiger partial charge on any atom is -0.201 e. The van der Waals surface area contributed by atoms with E-state index in [2.05, 4.69) is 0 Å². The monoisotopic (exact) mass is 394 g/mol. The van der Waals surface area contributed by atoms with E-state index in [1.807, 2.05) is 0 Å². The Kier molecular flexibility index (Phi) is 7.56. The molecule has 0 aliphatic heterocycles. The largest absolute Gasteiger partial charge is 0.421 e. The summed E-state index contributed by atoms with van der Waals surface area (Å²) in [7, 11) is 0. The molecular formula is C18H26F8. The van der Waals surface area contributed by atoms with Crippen molar-refractivity contribution >= 4 is 0 Å². The summed E-state index contributed by atoms with van der Waals surface area (Å²) in [5.41, 5.74) is -5.80. The molecule has 0 aromatic heterocycles. The van der Waals surface area contributed by atoms with E-state index in [1.165, 1.54) is 33.8 Å². The predicted octanol–water partition coefficient (Wildman–Crippen LogP) is 7.72. The molecule has 0 aliphatic carbocycles. The molecule has 0 aliphatic rings. The van der Waals surface area contributed by atoms with Gasteiger partial charge in [0.1, 0.15) is 5.57 Å². The molecular weight excluding hydrogens is 368 g/mol. The minimum absolute atomic E-state index is 0.0885. The zero-order valence-corrected chi connectivity index (χ0v) is 15.7. The van der Waals surface area contributed by atoms with Gasteiger partial charge >= 0.3 is 12.4 Å². The van der Waals surface area contributed by atoms with Gasteiger partial charge < -0.3 is 0 Å². The summed E-state index contributed by atoms with van der Waals surface area (Å²) in [5, 5.41) is 0. The van der Waals surface area contributed by atoms with Crippen LogP contribution in [0.5, 0.6) is 0 Å². The third-order valence-electron chi connectivity index (χ3n) is 4.13. The van der Waals surface area contributed by atoms with Gasteiger partial charge in [-0.05, 0) is 30.3 Å². The Morgan fingerprint density at radius 3 is 1.54 bits per heavy atom. The highest BCUT2D eigenvalue weighted by Crippen LogP contribution is 2.46. The van der Waals surface area contributed by atoms with E-state index in [-0.39, 0.29) is 24.8 Å². The van der Waals surface area contributed by atoms with Gasteiger partial charge in [0, 0.05) is 5.41 Å². The molecule has 0 saturated heterocycles. The Hall–Kier alpha value is -1.08. The minimum atomic E-state index is -5.56. The van der Waals surface area contributed by atoms with Gasteiger partial charge in [-0.1, -0.05) is 53.7 Å². The van der Waals surface area contributed by atoms with Gasteiger partial charge in [0.25, 0.3) is 5.92 Å². The maximum absolute atomic E-state index is 14.3. The van der Waals surface area contributed by atoms with E-state index in [1.54, 1.807) is 13.8 Å². The maximum atomic E-state index is 14.3. The van der Waals surface area contributed by atoms with Gasteiger partial charge in [-0.25, -0.2) is 8.78 Å². The van der Waals surface area contributed by atoms with Gasteiger partial charge in [-0.15, -0.1) is 0 Å². The second-order valence-electron chi connectivity index (χ2n) is 8.15. The zero-order valence-electron chi connectivity index (χ0n) is 15.7. The number of rotatable bonds is 7. The van der Waals surface area contributed by atoms with Crippen LogP contribution in [0.1, 0.15) is 54.4 Å². The molecule has 0 nitrogen and oxygen atoms in total. The first kappa shape index (κ1) is 24.9. The Balaban J connectivity index is 5.47. The van der Waals surface area contributed by atoms with Crippen LogP contribution in [-0.2, 0) is 0 Å². The molecule has 0 unspecified atom stereocenters. The number of halogens is 8. The summed E-state index contributed by atoms with van der Waals surface area (Å²) < 4.78 is 105. The standard InChI is InChI=1S/C18H26F8/c1-12(2)7-8-16(19,20)15(5,6)10-9-14(3,4)11-13(17(21,22)23)18(24,25)26/h7-8,11-12H,9-10H2,1-6H3/b8-7+. The van der Waals surface area contributed by atoms with Crippen molar-refractivity contribution in [3.63, 3.8) is 0 Å². The first-order valence-corrected chi connectivity index (χ1v) is 8.16. The Morgan fingerprint density at radius 2 is 1.19 bits per heavy atom. The second-order valence-corrected chi connectivity index (χ2v) is 8.15. The molecule has 0 fully saturated rings. The number of allylic oxidation sites excluding steroid dienone is 4. The molecule has 0 rings (SSSR count). The topological polar surface area (TPSA) is 0 Å². The van der Waals surface area contributed by atoms with Crippen LogP contribution in [0.2, 0.25) is 0 Å². The summed E-state index contributed by atoms with van der Waals surface area (Å²) in [6, 6.07) is 0. The van der Waals surface area contributed by atoms with Gasteiger partial charge in [-0.2, -0.15) is 26.3 Å². The van der Waals surface area contributed by atoms with Crippen LogP contribution in [0.15, 0.2) is 23.8 Å². The molecule has 154 valence electrons. The first-order valence-electron chi connectivity index (χ1n) is 8.16. The molecule has 0 heterocycles. The van der Waals surface area contributed by atoms with Crippen LogP contribution >= 0.6 is 0 Å². The van der Waals surface area contributed by atoms with Crippen molar-refractivity contribution in [1.82, 2.24) is 0 Å². The lowest BCUT2D eigenvalue weighted by Crippen LogP contribution is -2.36. The lowest BCUT2D eigenvalue weighted by molar-refractivity contribution is -0.173. The van der Waals surface area contributed by atoms with Crippen LogP contribution in [0.4, 0.5) is 35.1 Å². The molecule has 26 heavy (non-hydrogen) atoms. The van der Waals surface area contributed by atoms with Crippen LogP contribution in [0.25, 0.3) is 0 Å². The molecule has 8 heteroatoms. The molecule has 0 radical (unpaired) electrons. The van der Waals surface area contributed by atoms with E-state index >= 15 is 0 Å². The summed E-state index contributed by atoms with van der Waals surface area (Å²) in [6.07, 6.45) is -9.49. The molecule has 0 spiro atoms. The predicted molar refractivity (Wildman–Crippen MR) is 85.9 cm³/mol. The van der Waals surface area contributed by atoms with Gasteiger partial charge in [0.2, 0.25) is 0 Å². The lowest BCUT2D eigenvalue weighted by atomic mass is 9.74. The van der Waals surface area contributed by atoms with Crippen molar-refractivity contribution in [2.45, 2.75) is 72.7 Å². The van der Waals surface area contributed by atoms with Gasteiger partial charge in [0.05, 0.1) is 0 Å². The Bertz CT molecular complexity index is 500. The first-order chi connectivity index (χ1) is 11.2. The van der Waals surface area contributed by atoms with Crippen molar-refractivity contribution in [2.24, 2.45) is 16.7 Å². The SMILES string of the molecule is CC(C)/C=C/C(F)(F)C(C)(C)CCC(C)(C)C=C(C(F)(F)F)C(F)(F)F. The maximum Gasteiger partial charge on any atom is 0.421 e. The van der Waals surface area contributed by atoms with Crippen molar-refractivity contribution < 1.29 is 35.1 Å². The molecule has 0 bridgehead atoms. The third kappa shape index (κ3) is 7.66. The highest BCUT2D eigenvalue weighted by Gasteiger charge is 2.52. The zero-order chi connectivity index (χ0) is 21.2. The summed E-state index contributed by atoms with van der Waals surface area (Å²) in [5.74, 6) is -3.36. The molecule has 0 saturated carbocycles. The van der Waals surface area contributed by atoms with E-state index < -0.39 is 34.7 Å². The lowest BCUT2D eigenvalue weighted by Gasteiger charge is -2.35. The Labute approximate surface area is 149 Å². The van der Waals surface area contributed by atoms with Crippen LogP contribution < -0.4 is 0 Å². The highest BCUT2D eigenvalue weighted by molar-refractivity contribution is 5.19. The number of alkyl halides is 8. The molecule has 0 aromatic rings. The molecule has 0 aromatic carbocycles. The highest BCUT2D eigenvalue weighted by atomic mass is 19.4. The van der Waals surface area contributed by atoms with E-state index in [0.717, 1.165) is 6.08 Å². The van der Waals surface area contributed by atoms with Gasteiger partial charge in [-0.3, -0.25) is 0 Å². The van der Waals surface area contributed by atoms with E-state index in [9.17, 15) is 35.1 Å². The van der Waals surface area contributed by atoms with Crippen molar-refractivity contribution in [2.75, 3.05) is 0 Å². The number of hydrogen-bond acceptors (Lipinski definition) is 0. The van der Waals surface area contributed by atoms with E-state index in [4.69, 9.17) is 0 Å². The summed E-state index contributed by atoms with van der Waals surface area (Å²) >= 11 is 0. The van der Waals surface area contributed by atoms with Crippen LogP contribution in [-0.4, -0.2) is 18.3 Å². The molecule has 0 N–H and O–H groups in total.